The molecular weight excluding hydrogens is 393 g/mol. The quantitative estimate of drug-likeness (QED) is 0.701. The third-order valence-electron chi connectivity index (χ3n) is 5.61. The van der Waals surface area contributed by atoms with E-state index >= 15 is 0 Å². The molecule has 1 fully saturated rings. The van der Waals surface area contributed by atoms with Crippen LogP contribution in [-0.2, 0) is 9.84 Å². The maximum atomic E-state index is 13.0. The minimum Gasteiger partial charge on any atom is -0.336 e. The summed E-state index contributed by atoms with van der Waals surface area (Å²) in [5.74, 6) is -0.497. The summed E-state index contributed by atoms with van der Waals surface area (Å²) in [6.07, 6.45) is 4.42. The highest BCUT2D eigenvalue weighted by molar-refractivity contribution is 7.91. The Morgan fingerprint density at radius 1 is 1.00 bits per heavy atom. The Morgan fingerprint density at radius 2 is 1.52 bits per heavy atom. The van der Waals surface area contributed by atoms with Crippen LogP contribution in [-0.4, -0.2) is 45.5 Å². The van der Waals surface area contributed by atoms with Crippen LogP contribution in [0, 0.1) is 5.82 Å². The Kier molecular flexibility index (Phi) is 6.24. The number of nitrogens with one attached hydrogen (secondary N) is 2. The van der Waals surface area contributed by atoms with E-state index in [1.807, 2.05) is 14.1 Å². The van der Waals surface area contributed by atoms with Crippen molar-refractivity contribution in [2.45, 2.75) is 41.0 Å². The van der Waals surface area contributed by atoms with E-state index in [0.29, 0.717) is 12.2 Å². The smallest absolute Gasteiger partial charge is 0.319 e. The van der Waals surface area contributed by atoms with E-state index in [-0.39, 0.29) is 21.4 Å². The first kappa shape index (κ1) is 21.3. The fourth-order valence-corrected chi connectivity index (χ4v) is 4.96. The maximum Gasteiger partial charge on any atom is 0.319 e. The molecule has 6 nitrogen and oxygen atoms in total. The molecule has 29 heavy (non-hydrogen) atoms. The van der Waals surface area contributed by atoms with Gasteiger partial charge in [0, 0.05) is 17.8 Å². The van der Waals surface area contributed by atoms with Gasteiger partial charge in [0.25, 0.3) is 0 Å². The van der Waals surface area contributed by atoms with Gasteiger partial charge in [-0.1, -0.05) is 12.8 Å². The average Bonchev–Trinajstić information content (AvgIpc) is 3.18. The number of halogens is 1. The lowest BCUT2D eigenvalue weighted by atomic mass is 9.96. The molecular formula is C21H26FN3O3S. The van der Waals surface area contributed by atoms with Crippen LogP contribution < -0.4 is 10.6 Å². The van der Waals surface area contributed by atoms with E-state index in [1.54, 1.807) is 0 Å². The van der Waals surface area contributed by atoms with Crippen molar-refractivity contribution in [1.29, 1.82) is 0 Å². The molecule has 3 rings (SSSR count). The highest BCUT2D eigenvalue weighted by Crippen LogP contribution is 2.33. The molecule has 1 aliphatic carbocycles. The van der Waals surface area contributed by atoms with Crippen molar-refractivity contribution in [3.63, 3.8) is 0 Å². The van der Waals surface area contributed by atoms with Gasteiger partial charge in [-0.05, 0) is 75.5 Å². The monoisotopic (exact) mass is 419 g/mol. The largest absolute Gasteiger partial charge is 0.336 e. The maximum absolute atomic E-state index is 13.0. The molecule has 0 unspecified atom stereocenters. The van der Waals surface area contributed by atoms with E-state index in [0.717, 1.165) is 37.8 Å². The molecule has 8 heteroatoms. The Hall–Kier alpha value is -2.45. The molecule has 2 aromatic carbocycles. The average molecular weight is 420 g/mol. The summed E-state index contributed by atoms with van der Waals surface area (Å²) in [6.45, 7) is 0.558. The van der Waals surface area contributed by atoms with Gasteiger partial charge in [-0.15, -0.1) is 0 Å². The second-order valence-electron chi connectivity index (χ2n) is 7.62. The number of hydrogen-bond donors (Lipinski definition) is 2. The summed E-state index contributed by atoms with van der Waals surface area (Å²) >= 11 is 0. The number of benzene rings is 2. The van der Waals surface area contributed by atoms with E-state index < -0.39 is 15.7 Å². The zero-order chi connectivity index (χ0) is 21.1. The molecule has 0 bridgehead atoms. The lowest BCUT2D eigenvalue weighted by molar-refractivity contribution is 0.156. The van der Waals surface area contributed by atoms with E-state index in [4.69, 9.17) is 0 Å². The highest BCUT2D eigenvalue weighted by atomic mass is 32.2. The van der Waals surface area contributed by atoms with Crippen LogP contribution in [0.4, 0.5) is 14.9 Å². The first-order valence-electron chi connectivity index (χ1n) is 9.56. The minimum atomic E-state index is -3.74. The van der Waals surface area contributed by atoms with Crippen molar-refractivity contribution < 1.29 is 17.6 Å². The second-order valence-corrected chi connectivity index (χ2v) is 9.56. The number of carbonyl (C=O) groups excluding carboxylic acids is 1. The topological polar surface area (TPSA) is 78.5 Å². The second kappa shape index (κ2) is 8.51. The van der Waals surface area contributed by atoms with Crippen molar-refractivity contribution in [3.8, 4) is 0 Å². The molecule has 2 N–H and O–H groups in total. The van der Waals surface area contributed by atoms with Gasteiger partial charge in [-0.2, -0.15) is 0 Å². The number of rotatable bonds is 6. The highest BCUT2D eigenvalue weighted by Gasteiger charge is 2.36. The summed E-state index contributed by atoms with van der Waals surface area (Å²) in [6, 6.07) is 10.3. The van der Waals surface area contributed by atoms with Crippen molar-refractivity contribution in [2.75, 3.05) is 26.0 Å². The Labute approximate surface area is 171 Å². The number of hydrogen-bond acceptors (Lipinski definition) is 4. The van der Waals surface area contributed by atoms with E-state index in [1.165, 1.54) is 36.4 Å². The number of amides is 2. The van der Waals surface area contributed by atoms with Crippen LogP contribution in [0.2, 0.25) is 0 Å². The molecule has 0 radical (unpaired) electrons. The molecule has 0 heterocycles. The summed E-state index contributed by atoms with van der Waals surface area (Å²) in [7, 11) is 0.325. The Morgan fingerprint density at radius 3 is 2.03 bits per heavy atom. The molecule has 1 saturated carbocycles. The van der Waals surface area contributed by atoms with Crippen LogP contribution >= 0.6 is 0 Å². The number of urea groups is 1. The molecule has 0 aromatic heterocycles. The van der Waals surface area contributed by atoms with Crippen LogP contribution in [0.25, 0.3) is 0 Å². The third-order valence-corrected chi connectivity index (χ3v) is 7.39. The molecule has 0 saturated heterocycles. The van der Waals surface area contributed by atoms with E-state index in [9.17, 15) is 17.6 Å². The molecule has 0 atom stereocenters. The number of anilines is 1. The van der Waals surface area contributed by atoms with Gasteiger partial charge in [-0.3, -0.25) is 0 Å². The molecule has 1 aliphatic rings. The number of nitrogens with zero attached hydrogens (tertiary/aromatic N) is 1. The molecule has 0 aliphatic heterocycles. The predicted molar refractivity (Wildman–Crippen MR) is 110 cm³/mol. The van der Waals surface area contributed by atoms with Crippen LogP contribution in [0.3, 0.4) is 0 Å². The fraction of sp³-hybridized carbons (Fsp3) is 0.381. The molecule has 2 amide bonds. The van der Waals surface area contributed by atoms with Gasteiger partial charge in [0.15, 0.2) is 0 Å². The summed E-state index contributed by atoms with van der Waals surface area (Å²) < 4.78 is 38.2. The number of carbonyl (C=O) groups is 1. The summed E-state index contributed by atoms with van der Waals surface area (Å²) in [5, 5.41) is 5.66. The van der Waals surface area contributed by atoms with Gasteiger partial charge in [-0.25, -0.2) is 17.6 Å². The first-order chi connectivity index (χ1) is 13.7. The minimum absolute atomic E-state index is 0.00949. The third kappa shape index (κ3) is 4.76. The van der Waals surface area contributed by atoms with Crippen molar-refractivity contribution in [2.24, 2.45) is 0 Å². The van der Waals surface area contributed by atoms with Gasteiger partial charge in [0.1, 0.15) is 5.82 Å². The molecule has 2 aromatic rings. The standard InChI is InChI=1S/C21H26FN3O3S/c1-25(2)21(13-3-4-14-21)15-23-20(26)24-17-7-11-19(12-8-17)29(27,28)18-9-5-16(22)6-10-18/h5-12H,3-4,13-15H2,1-2H3,(H2,23,24,26). The normalized spacial score (nSPS) is 16.0. The van der Waals surface area contributed by atoms with Crippen molar-refractivity contribution >= 4 is 21.6 Å². The first-order valence-corrected chi connectivity index (χ1v) is 11.0. The van der Waals surface area contributed by atoms with Crippen LogP contribution in [0.5, 0.6) is 0 Å². The zero-order valence-electron chi connectivity index (χ0n) is 16.6. The van der Waals surface area contributed by atoms with Crippen LogP contribution in [0.15, 0.2) is 58.3 Å². The Balaban J connectivity index is 1.63. The number of likely N-dealkylation sites (N-methyl/N-ethyl adjacent to an activating group) is 1. The lowest BCUT2D eigenvalue weighted by Gasteiger charge is -2.36. The van der Waals surface area contributed by atoms with Gasteiger partial charge >= 0.3 is 6.03 Å². The molecule has 156 valence electrons. The van der Waals surface area contributed by atoms with E-state index in [2.05, 4.69) is 15.5 Å². The van der Waals surface area contributed by atoms with Gasteiger partial charge < -0.3 is 15.5 Å². The molecule has 0 spiro atoms. The zero-order valence-corrected chi connectivity index (χ0v) is 17.4. The summed E-state index contributed by atoms with van der Waals surface area (Å²) in [5.41, 5.74) is 0.482. The van der Waals surface area contributed by atoms with Crippen molar-refractivity contribution in [1.82, 2.24) is 10.2 Å². The fourth-order valence-electron chi connectivity index (χ4n) is 3.70. The summed E-state index contributed by atoms with van der Waals surface area (Å²) in [4.78, 5) is 14.5. The van der Waals surface area contributed by atoms with Crippen molar-refractivity contribution in [3.05, 3.63) is 54.3 Å². The lowest BCUT2D eigenvalue weighted by Crippen LogP contribution is -2.51. The van der Waals surface area contributed by atoms with Crippen LogP contribution in [0.1, 0.15) is 25.7 Å². The Bertz CT molecular complexity index is 952. The SMILES string of the molecule is CN(C)C1(CNC(=O)Nc2ccc(S(=O)(=O)c3ccc(F)cc3)cc2)CCCC1. The predicted octanol–water partition coefficient (Wildman–Crippen LogP) is 3.65. The van der Waals surface area contributed by atoms with Gasteiger partial charge in [0.2, 0.25) is 9.84 Å². The van der Waals surface area contributed by atoms with Gasteiger partial charge in [0.05, 0.1) is 9.79 Å². The number of sulfone groups is 1.